The molecule has 0 amide bonds. The maximum atomic E-state index is 11.5. The Kier molecular flexibility index (Phi) is 6.41. The SMILES string of the molecule is CCCSc1ccc(OC)c(/N=N/c2ccc3c(S(=O)(=O)O)cccc3c2O)c1. The molecule has 0 saturated carbocycles. The maximum absolute atomic E-state index is 11.5. The van der Waals surface area contributed by atoms with Crippen LogP contribution in [0.4, 0.5) is 11.4 Å². The summed E-state index contributed by atoms with van der Waals surface area (Å²) in [6.45, 7) is 2.10. The lowest BCUT2D eigenvalue weighted by Crippen LogP contribution is -1.98. The molecule has 3 aromatic rings. The first-order valence-corrected chi connectivity index (χ1v) is 11.2. The van der Waals surface area contributed by atoms with Gasteiger partial charge in [0.1, 0.15) is 22.0 Å². The lowest BCUT2D eigenvalue weighted by atomic mass is 10.1. The predicted molar refractivity (Wildman–Crippen MR) is 114 cm³/mol. The van der Waals surface area contributed by atoms with Crippen LogP contribution in [0.15, 0.2) is 68.6 Å². The van der Waals surface area contributed by atoms with Gasteiger partial charge in [0.2, 0.25) is 0 Å². The van der Waals surface area contributed by atoms with Gasteiger partial charge in [0, 0.05) is 15.7 Å². The lowest BCUT2D eigenvalue weighted by molar-refractivity contribution is 0.415. The zero-order valence-corrected chi connectivity index (χ0v) is 17.5. The molecular weight excluding hydrogens is 412 g/mol. The fourth-order valence-electron chi connectivity index (χ4n) is 2.77. The summed E-state index contributed by atoms with van der Waals surface area (Å²) in [6, 6.07) is 12.8. The summed E-state index contributed by atoms with van der Waals surface area (Å²) in [7, 11) is -2.88. The van der Waals surface area contributed by atoms with E-state index in [9.17, 15) is 18.1 Å². The number of aromatic hydroxyl groups is 1. The van der Waals surface area contributed by atoms with Gasteiger partial charge in [0.15, 0.2) is 5.75 Å². The highest BCUT2D eigenvalue weighted by Gasteiger charge is 2.16. The quantitative estimate of drug-likeness (QED) is 0.281. The van der Waals surface area contributed by atoms with Gasteiger partial charge in [-0.1, -0.05) is 25.1 Å². The van der Waals surface area contributed by atoms with E-state index in [1.54, 1.807) is 17.8 Å². The number of fused-ring (bicyclic) bond motifs is 1. The van der Waals surface area contributed by atoms with Crippen LogP contribution in [0, 0.1) is 0 Å². The van der Waals surface area contributed by atoms with E-state index in [1.165, 1.54) is 31.4 Å². The van der Waals surface area contributed by atoms with Crippen LogP contribution >= 0.6 is 11.8 Å². The molecule has 0 aliphatic rings. The number of hydrogen-bond donors (Lipinski definition) is 2. The van der Waals surface area contributed by atoms with Crippen molar-refractivity contribution in [3.63, 3.8) is 0 Å². The minimum atomic E-state index is -4.42. The van der Waals surface area contributed by atoms with Gasteiger partial charge in [-0.3, -0.25) is 4.55 Å². The van der Waals surface area contributed by atoms with Crippen LogP contribution in [0.5, 0.6) is 11.5 Å². The van der Waals surface area contributed by atoms with Crippen LogP contribution in [0.2, 0.25) is 0 Å². The Hall–Kier alpha value is -2.62. The van der Waals surface area contributed by atoms with Gasteiger partial charge in [0.05, 0.1) is 7.11 Å². The van der Waals surface area contributed by atoms with E-state index in [0.717, 1.165) is 17.1 Å². The largest absolute Gasteiger partial charge is 0.505 e. The summed E-state index contributed by atoms with van der Waals surface area (Å²) in [5.41, 5.74) is 0.679. The van der Waals surface area contributed by atoms with E-state index in [-0.39, 0.29) is 27.1 Å². The minimum absolute atomic E-state index is 0.165. The molecule has 0 atom stereocenters. The average molecular weight is 433 g/mol. The molecule has 152 valence electrons. The molecule has 0 heterocycles. The van der Waals surface area contributed by atoms with E-state index in [2.05, 4.69) is 17.2 Å². The number of azo groups is 1. The second-order valence-corrected chi connectivity index (χ2v) is 8.70. The highest BCUT2D eigenvalue weighted by Crippen LogP contribution is 2.39. The van der Waals surface area contributed by atoms with Gasteiger partial charge in [-0.05, 0) is 42.5 Å². The number of rotatable bonds is 7. The zero-order chi connectivity index (χ0) is 21.0. The van der Waals surface area contributed by atoms with Gasteiger partial charge in [-0.25, -0.2) is 0 Å². The van der Waals surface area contributed by atoms with Crippen molar-refractivity contribution in [2.75, 3.05) is 12.9 Å². The number of nitrogens with zero attached hydrogens (tertiary/aromatic N) is 2. The van der Waals surface area contributed by atoms with E-state index in [4.69, 9.17) is 4.74 Å². The first-order chi connectivity index (χ1) is 13.8. The Morgan fingerprint density at radius 2 is 1.79 bits per heavy atom. The van der Waals surface area contributed by atoms with Crippen LogP contribution in [0.3, 0.4) is 0 Å². The Bertz CT molecular complexity index is 1180. The molecule has 0 unspecified atom stereocenters. The van der Waals surface area contributed by atoms with Crippen LogP contribution < -0.4 is 4.74 Å². The maximum Gasteiger partial charge on any atom is 0.295 e. The highest BCUT2D eigenvalue weighted by atomic mass is 32.2. The number of benzene rings is 3. The topological polar surface area (TPSA) is 109 Å². The molecule has 9 heteroatoms. The third-order valence-corrected chi connectivity index (χ3v) is 6.25. The van der Waals surface area contributed by atoms with Crippen molar-refractivity contribution >= 4 is 44.0 Å². The van der Waals surface area contributed by atoms with Gasteiger partial charge in [-0.2, -0.15) is 8.42 Å². The molecule has 7 nitrogen and oxygen atoms in total. The van der Waals surface area contributed by atoms with Crippen LogP contribution in [-0.4, -0.2) is 30.9 Å². The molecule has 0 fully saturated rings. The minimum Gasteiger partial charge on any atom is -0.505 e. The molecular formula is C20H20N2O5S2. The van der Waals surface area contributed by atoms with Crippen molar-refractivity contribution < 1.29 is 22.8 Å². The Balaban J connectivity index is 2.02. The monoisotopic (exact) mass is 432 g/mol. The molecule has 29 heavy (non-hydrogen) atoms. The molecule has 0 aromatic heterocycles. The summed E-state index contributed by atoms with van der Waals surface area (Å²) >= 11 is 1.70. The third kappa shape index (κ3) is 4.69. The first kappa shape index (κ1) is 21.1. The van der Waals surface area contributed by atoms with Crippen molar-refractivity contribution in [3.05, 3.63) is 48.5 Å². The van der Waals surface area contributed by atoms with E-state index in [1.807, 2.05) is 18.2 Å². The molecule has 0 saturated heterocycles. The summed E-state index contributed by atoms with van der Waals surface area (Å²) in [4.78, 5) is 0.748. The molecule has 0 bridgehead atoms. The summed E-state index contributed by atoms with van der Waals surface area (Å²) in [6.07, 6.45) is 1.05. The number of ether oxygens (including phenoxy) is 1. The summed E-state index contributed by atoms with van der Waals surface area (Å²) in [5.74, 6) is 1.29. The van der Waals surface area contributed by atoms with Gasteiger partial charge in [-0.15, -0.1) is 22.0 Å². The average Bonchev–Trinajstić information content (AvgIpc) is 2.70. The highest BCUT2D eigenvalue weighted by molar-refractivity contribution is 7.99. The molecule has 0 aliphatic heterocycles. The molecule has 3 aromatic carbocycles. The zero-order valence-electron chi connectivity index (χ0n) is 15.9. The number of phenols is 1. The Morgan fingerprint density at radius 1 is 1.03 bits per heavy atom. The normalized spacial score (nSPS) is 12.0. The molecule has 0 aliphatic carbocycles. The smallest absolute Gasteiger partial charge is 0.295 e. The molecule has 2 N–H and O–H groups in total. The van der Waals surface area contributed by atoms with E-state index < -0.39 is 10.1 Å². The van der Waals surface area contributed by atoms with Crippen molar-refractivity contribution in [3.8, 4) is 11.5 Å². The van der Waals surface area contributed by atoms with Crippen LogP contribution in [0.1, 0.15) is 13.3 Å². The number of phenolic OH excluding ortho intramolecular Hbond substituents is 1. The van der Waals surface area contributed by atoms with E-state index in [0.29, 0.717) is 11.4 Å². The lowest BCUT2D eigenvalue weighted by Gasteiger charge is -2.08. The fraction of sp³-hybridized carbons (Fsp3) is 0.200. The first-order valence-electron chi connectivity index (χ1n) is 8.80. The van der Waals surface area contributed by atoms with Gasteiger partial charge < -0.3 is 9.84 Å². The molecule has 0 radical (unpaired) electrons. The second kappa shape index (κ2) is 8.81. The fourth-order valence-corrected chi connectivity index (χ4v) is 4.28. The van der Waals surface area contributed by atoms with Crippen LogP contribution in [-0.2, 0) is 10.1 Å². The third-order valence-electron chi connectivity index (χ3n) is 4.14. The van der Waals surface area contributed by atoms with E-state index >= 15 is 0 Å². The van der Waals surface area contributed by atoms with Gasteiger partial charge in [0.25, 0.3) is 10.1 Å². The van der Waals surface area contributed by atoms with Crippen molar-refractivity contribution in [1.82, 2.24) is 0 Å². The summed E-state index contributed by atoms with van der Waals surface area (Å²) < 4.78 is 37.8. The Morgan fingerprint density at radius 3 is 2.48 bits per heavy atom. The van der Waals surface area contributed by atoms with Crippen molar-refractivity contribution in [2.45, 2.75) is 23.1 Å². The summed E-state index contributed by atoms with van der Waals surface area (Å²) in [5, 5.41) is 19.3. The van der Waals surface area contributed by atoms with Crippen molar-refractivity contribution in [1.29, 1.82) is 0 Å². The van der Waals surface area contributed by atoms with Crippen molar-refractivity contribution in [2.24, 2.45) is 10.2 Å². The molecule has 0 spiro atoms. The second-order valence-electron chi connectivity index (χ2n) is 6.14. The number of thioether (sulfide) groups is 1. The van der Waals surface area contributed by atoms with Crippen LogP contribution in [0.25, 0.3) is 10.8 Å². The number of hydrogen-bond acceptors (Lipinski definition) is 7. The Labute approximate surface area is 173 Å². The standard InChI is InChI=1S/C20H20N2O5S2/c1-3-11-28-13-7-10-18(27-2)17(12-13)22-21-16-9-8-14-15(20(16)23)5-4-6-19(14)29(24,25)26/h4-10,12,23H,3,11H2,1-2H3,(H,24,25,26)/b22-21+. The predicted octanol–water partition coefficient (Wildman–Crippen LogP) is 5.72. The molecule has 3 rings (SSSR count). The number of methoxy groups -OCH3 is 1. The van der Waals surface area contributed by atoms with Gasteiger partial charge >= 0.3 is 0 Å².